The van der Waals surface area contributed by atoms with Gasteiger partial charge in [0.1, 0.15) is 11.5 Å². The molecule has 3 rings (SSSR count). The largest absolute Gasteiger partial charge is 0.454 e. The molecule has 1 aliphatic rings. The van der Waals surface area contributed by atoms with Crippen LogP contribution in [0.3, 0.4) is 0 Å². The van der Waals surface area contributed by atoms with Gasteiger partial charge in [0, 0.05) is 18.3 Å². The molecule has 2 heterocycles. The van der Waals surface area contributed by atoms with E-state index in [1.165, 1.54) is 12.4 Å². The molecule has 1 aromatic heterocycles. The number of aromatic nitrogens is 2. The molecule has 114 valence electrons. The zero-order valence-electron chi connectivity index (χ0n) is 12.1. The molecule has 0 bridgehead atoms. The van der Waals surface area contributed by atoms with Crippen molar-refractivity contribution in [2.24, 2.45) is 0 Å². The Labute approximate surface area is 127 Å². The van der Waals surface area contributed by atoms with Crippen LogP contribution in [0, 0.1) is 0 Å². The van der Waals surface area contributed by atoms with Crippen molar-refractivity contribution in [1.82, 2.24) is 15.3 Å². The number of nitrogens with one attached hydrogen (secondary N) is 2. The van der Waals surface area contributed by atoms with Gasteiger partial charge in [0.05, 0.1) is 12.4 Å². The molecule has 7 nitrogen and oxygen atoms in total. The SMILES string of the molecule is CCCNC(=O)c1cnc(Nc2ccc3c(c2)OCO3)cn1. The number of carbonyl (C=O) groups excluding carboxylic acids is 1. The molecule has 0 radical (unpaired) electrons. The number of ether oxygens (including phenoxy) is 2. The fraction of sp³-hybridized carbons (Fsp3) is 0.267. The number of carbonyl (C=O) groups is 1. The Bertz CT molecular complexity index is 673. The third-order valence-electron chi connectivity index (χ3n) is 3.07. The molecule has 0 fully saturated rings. The van der Waals surface area contributed by atoms with Crippen LogP contribution in [0.1, 0.15) is 23.8 Å². The van der Waals surface area contributed by atoms with E-state index in [2.05, 4.69) is 20.6 Å². The van der Waals surface area contributed by atoms with E-state index in [0.717, 1.165) is 17.9 Å². The maximum Gasteiger partial charge on any atom is 0.271 e. The van der Waals surface area contributed by atoms with E-state index < -0.39 is 0 Å². The summed E-state index contributed by atoms with van der Waals surface area (Å²) in [6.07, 6.45) is 3.84. The molecule has 0 atom stereocenters. The first kappa shape index (κ1) is 14.1. The first-order chi connectivity index (χ1) is 10.8. The molecular formula is C15H16N4O3. The van der Waals surface area contributed by atoms with Crippen LogP contribution in [-0.2, 0) is 0 Å². The smallest absolute Gasteiger partial charge is 0.271 e. The lowest BCUT2D eigenvalue weighted by Gasteiger charge is -2.07. The molecule has 0 saturated heterocycles. The highest BCUT2D eigenvalue weighted by molar-refractivity contribution is 5.92. The van der Waals surface area contributed by atoms with Crippen LogP contribution >= 0.6 is 0 Å². The van der Waals surface area contributed by atoms with Gasteiger partial charge < -0.3 is 20.1 Å². The minimum absolute atomic E-state index is 0.219. The third kappa shape index (κ3) is 3.08. The highest BCUT2D eigenvalue weighted by Gasteiger charge is 2.13. The van der Waals surface area contributed by atoms with Gasteiger partial charge in [0.2, 0.25) is 6.79 Å². The summed E-state index contributed by atoms with van der Waals surface area (Å²) in [7, 11) is 0. The predicted octanol–water partition coefficient (Wildman–Crippen LogP) is 2.09. The van der Waals surface area contributed by atoms with Crippen LogP contribution in [0.2, 0.25) is 0 Å². The number of nitrogens with zero attached hydrogens (tertiary/aromatic N) is 2. The maximum absolute atomic E-state index is 11.7. The fourth-order valence-electron chi connectivity index (χ4n) is 1.96. The van der Waals surface area contributed by atoms with Gasteiger partial charge in [-0.05, 0) is 18.6 Å². The average molecular weight is 300 g/mol. The Kier molecular flexibility index (Phi) is 4.04. The number of hydrogen-bond donors (Lipinski definition) is 2. The zero-order chi connectivity index (χ0) is 15.4. The number of amides is 1. The highest BCUT2D eigenvalue weighted by atomic mass is 16.7. The first-order valence-corrected chi connectivity index (χ1v) is 7.03. The molecule has 0 spiro atoms. The van der Waals surface area contributed by atoms with E-state index in [1.54, 1.807) is 0 Å². The Morgan fingerprint density at radius 1 is 1.23 bits per heavy atom. The molecule has 2 aromatic rings. The van der Waals surface area contributed by atoms with Crippen LogP contribution in [-0.4, -0.2) is 29.2 Å². The van der Waals surface area contributed by atoms with Crippen molar-refractivity contribution in [3.63, 3.8) is 0 Å². The van der Waals surface area contributed by atoms with E-state index in [1.807, 2.05) is 25.1 Å². The highest BCUT2D eigenvalue weighted by Crippen LogP contribution is 2.34. The Morgan fingerprint density at radius 3 is 2.86 bits per heavy atom. The molecule has 0 unspecified atom stereocenters. The molecule has 0 saturated carbocycles. The van der Waals surface area contributed by atoms with E-state index in [4.69, 9.17) is 9.47 Å². The summed E-state index contributed by atoms with van der Waals surface area (Å²) >= 11 is 0. The van der Waals surface area contributed by atoms with E-state index in [-0.39, 0.29) is 12.7 Å². The van der Waals surface area contributed by atoms with Gasteiger partial charge in [-0.15, -0.1) is 0 Å². The van der Waals surface area contributed by atoms with E-state index in [0.29, 0.717) is 23.8 Å². The minimum atomic E-state index is -0.219. The summed E-state index contributed by atoms with van der Waals surface area (Å²) < 4.78 is 10.6. The summed E-state index contributed by atoms with van der Waals surface area (Å²) in [5.74, 6) is 1.74. The Hall–Kier alpha value is -2.83. The van der Waals surface area contributed by atoms with Crippen LogP contribution in [0.25, 0.3) is 0 Å². The summed E-state index contributed by atoms with van der Waals surface area (Å²) in [6, 6.07) is 5.51. The van der Waals surface area contributed by atoms with E-state index in [9.17, 15) is 4.79 Å². The van der Waals surface area contributed by atoms with Gasteiger partial charge in [-0.2, -0.15) is 0 Å². The van der Waals surface area contributed by atoms with Gasteiger partial charge in [0.15, 0.2) is 11.5 Å². The molecule has 1 aliphatic heterocycles. The quantitative estimate of drug-likeness (QED) is 0.879. The van der Waals surface area contributed by atoms with Crippen LogP contribution in [0.15, 0.2) is 30.6 Å². The predicted molar refractivity (Wildman–Crippen MR) is 80.5 cm³/mol. The number of hydrogen-bond acceptors (Lipinski definition) is 6. The molecule has 1 amide bonds. The molecule has 7 heteroatoms. The number of anilines is 2. The molecule has 22 heavy (non-hydrogen) atoms. The Balaban J connectivity index is 1.67. The monoisotopic (exact) mass is 300 g/mol. The normalized spacial score (nSPS) is 12.0. The van der Waals surface area contributed by atoms with Crippen molar-refractivity contribution >= 4 is 17.4 Å². The van der Waals surface area contributed by atoms with Crippen molar-refractivity contribution in [3.05, 3.63) is 36.3 Å². The molecular weight excluding hydrogens is 284 g/mol. The van der Waals surface area contributed by atoms with Gasteiger partial charge in [0.25, 0.3) is 5.91 Å². The van der Waals surface area contributed by atoms with Crippen molar-refractivity contribution in [3.8, 4) is 11.5 Å². The summed E-state index contributed by atoms with van der Waals surface area (Å²) in [5, 5.41) is 5.86. The van der Waals surface area contributed by atoms with Crippen LogP contribution in [0.5, 0.6) is 11.5 Å². The molecule has 2 N–H and O–H groups in total. The van der Waals surface area contributed by atoms with Crippen molar-refractivity contribution in [2.45, 2.75) is 13.3 Å². The van der Waals surface area contributed by atoms with Crippen molar-refractivity contribution in [2.75, 3.05) is 18.7 Å². The van der Waals surface area contributed by atoms with Crippen molar-refractivity contribution < 1.29 is 14.3 Å². The second kappa shape index (κ2) is 6.30. The molecule has 1 aromatic carbocycles. The van der Waals surface area contributed by atoms with Gasteiger partial charge >= 0.3 is 0 Å². The standard InChI is InChI=1S/C15H16N4O3/c1-2-5-16-15(20)11-7-18-14(8-17-11)19-10-3-4-12-13(6-10)22-9-21-12/h3-4,6-8H,2,5,9H2,1H3,(H,16,20)(H,18,19). The number of rotatable bonds is 5. The summed E-state index contributed by atoms with van der Waals surface area (Å²) in [5.41, 5.74) is 1.10. The van der Waals surface area contributed by atoms with Crippen LogP contribution in [0.4, 0.5) is 11.5 Å². The van der Waals surface area contributed by atoms with E-state index >= 15 is 0 Å². The number of benzene rings is 1. The Morgan fingerprint density at radius 2 is 2.09 bits per heavy atom. The van der Waals surface area contributed by atoms with Gasteiger partial charge in [-0.3, -0.25) is 4.79 Å². The molecule has 0 aliphatic carbocycles. The fourth-order valence-corrected chi connectivity index (χ4v) is 1.96. The van der Waals surface area contributed by atoms with Crippen LogP contribution < -0.4 is 20.1 Å². The lowest BCUT2D eigenvalue weighted by atomic mass is 10.3. The van der Waals surface area contributed by atoms with Gasteiger partial charge in [-0.1, -0.05) is 6.92 Å². The topological polar surface area (TPSA) is 85.4 Å². The summed E-state index contributed by atoms with van der Waals surface area (Å²) in [6.45, 7) is 2.85. The lowest BCUT2D eigenvalue weighted by Crippen LogP contribution is -2.25. The zero-order valence-corrected chi connectivity index (χ0v) is 12.1. The second-order valence-electron chi connectivity index (χ2n) is 4.74. The van der Waals surface area contributed by atoms with Crippen molar-refractivity contribution in [1.29, 1.82) is 0 Å². The lowest BCUT2D eigenvalue weighted by molar-refractivity contribution is 0.0948. The minimum Gasteiger partial charge on any atom is -0.454 e. The third-order valence-corrected chi connectivity index (χ3v) is 3.07. The second-order valence-corrected chi connectivity index (χ2v) is 4.74. The average Bonchev–Trinajstić information content (AvgIpc) is 3.01. The summed E-state index contributed by atoms with van der Waals surface area (Å²) in [4.78, 5) is 20.0. The maximum atomic E-state index is 11.7. The van der Waals surface area contributed by atoms with Gasteiger partial charge in [-0.25, -0.2) is 9.97 Å². The first-order valence-electron chi connectivity index (χ1n) is 7.03. The number of fused-ring (bicyclic) bond motifs is 1.